The Morgan fingerprint density at radius 3 is 2.71 bits per heavy atom. The molecular formula is C18H16N4OS. The molecule has 0 aliphatic rings. The van der Waals surface area contributed by atoms with E-state index in [-0.39, 0.29) is 0 Å². The van der Waals surface area contributed by atoms with Crippen molar-refractivity contribution in [3.63, 3.8) is 0 Å². The minimum absolute atomic E-state index is 0.304. The first kappa shape index (κ1) is 16.1. The summed E-state index contributed by atoms with van der Waals surface area (Å²) in [6, 6.07) is 19.8. The standard InChI is InChI=1S/C18H16N4OS/c1-14-6-5-9-16(12-14)23-13-17-20-21-18(24-11-10-19)22(17)15-7-3-2-4-8-15/h2-9,12H,11,13H2,1H3. The second kappa shape index (κ2) is 7.66. The van der Waals surface area contributed by atoms with E-state index in [1.54, 1.807) is 0 Å². The van der Waals surface area contributed by atoms with Crippen molar-refractivity contribution in [1.29, 1.82) is 5.26 Å². The highest BCUT2D eigenvalue weighted by molar-refractivity contribution is 7.99. The molecule has 3 aromatic rings. The lowest BCUT2D eigenvalue weighted by Gasteiger charge is -2.10. The lowest BCUT2D eigenvalue weighted by Crippen LogP contribution is -2.06. The molecule has 0 N–H and O–H groups in total. The average molecular weight is 336 g/mol. The van der Waals surface area contributed by atoms with E-state index in [0.29, 0.717) is 23.3 Å². The van der Waals surface area contributed by atoms with Gasteiger partial charge in [-0.05, 0) is 36.8 Å². The molecule has 0 saturated heterocycles. The molecule has 1 heterocycles. The number of rotatable bonds is 6. The Morgan fingerprint density at radius 1 is 1.12 bits per heavy atom. The molecule has 120 valence electrons. The van der Waals surface area contributed by atoms with Gasteiger partial charge in [-0.15, -0.1) is 10.2 Å². The second-order valence-electron chi connectivity index (χ2n) is 5.12. The van der Waals surface area contributed by atoms with E-state index in [0.717, 1.165) is 17.0 Å². The summed E-state index contributed by atoms with van der Waals surface area (Å²) in [6.07, 6.45) is 0. The zero-order chi connectivity index (χ0) is 16.8. The highest BCUT2D eigenvalue weighted by atomic mass is 32.2. The molecule has 0 fully saturated rings. The molecule has 2 aromatic carbocycles. The fraction of sp³-hybridized carbons (Fsp3) is 0.167. The summed E-state index contributed by atoms with van der Waals surface area (Å²) in [5.41, 5.74) is 2.09. The number of para-hydroxylation sites is 1. The number of aryl methyl sites for hydroxylation is 1. The van der Waals surface area contributed by atoms with E-state index in [4.69, 9.17) is 10.00 Å². The Labute approximate surface area is 144 Å². The maximum atomic E-state index is 8.82. The summed E-state index contributed by atoms with van der Waals surface area (Å²) < 4.78 is 7.78. The van der Waals surface area contributed by atoms with Crippen LogP contribution in [0.25, 0.3) is 5.69 Å². The van der Waals surface area contributed by atoms with Crippen LogP contribution >= 0.6 is 11.8 Å². The van der Waals surface area contributed by atoms with E-state index in [2.05, 4.69) is 16.3 Å². The molecular weight excluding hydrogens is 320 g/mol. The first-order valence-electron chi connectivity index (χ1n) is 7.47. The number of hydrogen-bond acceptors (Lipinski definition) is 5. The van der Waals surface area contributed by atoms with E-state index < -0.39 is 0 Å². The predicted octanol–water partition coefficient (Wildman–Crippen LogP) is 3.77. The maximum Gasteiger partial charge on any atom is 0.196 e. The molecule has 6 heteroatoms. The molecule has 0 saturated carbocycles. The van der Waals surface area contributed by atoms with Crippen LogP contribution in [0.4, 0.5) is 0 Å². The Kier molecular flexibility index (Phi) is 5.14. The van der Waals surface area contributed by atoms with Crippen LogP contribution in [-0.2, 0) is 6.61 Å². The molecule has 0 aliphatic carbocycles. The number of nitriles is 1. The normalized spacial score (nSPS) is 10.3. The number of benzene rings is 2. The van der Waals surface area contributed by atoms with Gasteiger partial charge >= 0.3 is 0 Å². The van der Waals surface area contributed by atoms with Gasteiger partial charge in [0.2, 0.25) is 0 Å². The predicted molar refractivity (Wildman–Crippen MR) is 93.2 cm³/mol. The van der Waals surface area contributed by atoms with Crippen LogP contribution in [0, 0.1) is 18.3 Å². The van der Waals surface area contributed by atoms with Gasteiger partial charge in [-0.1, -0.05) is 42.1 Å². The Bertz CT molecular complexity index is 855. The van der Waals surface area contributed by atoms with Crippen molar-refractivity contribution in [2.24, 2.45) is 0 Å². The molecule has 0 spiro atoms. The Morgan fingerprint density at radius 2 is 1.96 bits per heavy atom. The quantitative estimate of drug-likeness (QED) is 0.641. The third-order valence-corrected chi connectivity index (χ3v) is 4.13. The van der Waals surface area contributed by atoms with Crippen LogP contribution in [0.1, 0.15) is 11.4 Å². The zero-order valence-electron chi connectivity index (χ0n) is 13.2. The Hall–Kier alpha value is -2.78. The fourth-order valence-electron chi connectivity index (χ4n) is 2.27. The summed E-state index contributed by atoms with van der Waals surface area (Å²) in [5.74, 6) is 1.82. The van der Waals surface area contributed by atoms with E-state index in [1.165, 1.54) is 11.8 Å². The number of ether oxygens (including phenoxy) is 1. The second-order valence-corrected chi connectivity index (χ2v) is 6.06. The van der Waals surface area contributed by atoms with Gasteiger partial charge in [-0.25, -0.2) is 0 Å². The van der Waals surface area contributed by atoms with Crippen LogP contribution in [0.5, 0.6) is 5.75 Å². The average Bonchev–Trinajstić information content (AvgIpc) is 3.02. The summed E-state index contributed by atoms with van der Waals surface area (Å²) in [5, 5.41) is 18.0. The molecule has 0 aliphatic heterocycles. The van der Waals surface area contributed by atoms with Gasteiger partial charge in [0.1, 0.15) is 12.4 Å². The highest BCUT2D eigenvalue weighted by Crippen LogP contribution is 2.23. The molecule has 3 rings (SSSR count). The topological polar surface area (TPSA) is 63.7 Å². The van der Waals surface area contributed by atoms with Crippen LogP contribution in [-0.4, -0.2) is 20.5 Å². The zero-order valence-corrected chi connectivity index (χ0v) is 14.0. The number of nitrogens with zero attached hydrogens (tertiary/aromatic N) is 4. The van der Waals surface area contributed by atoms with Gasteiger partial charge in [0.15, 0.2) is 11.0 Å². The van der Waals surface area contributed by atoms with Crippen molar-refractivity contribution in [3.8, 4) is 17.5 Å². The van der Waals surface area contributed by atoms with Crippen LogP contribution in [0.3, 0.4) is 0 Å². The number of aromatic nitrogens is 3. The summed E-state index contributed by atoms with van der Waals surface area (Å²) in [6.45, 7) is 2.33. The molecule has 0 unspecified atom stereocenters. The first-order valence-corrected chi connectivity index (χ1v) is 8.45. The van der Waals surface area contributed by atoms with E-state index in [9.17, 15) is 0 Å². The third-order valence-electron chi connectivity index (χ3n) is 3.34. The Balaban J connectivity index is 1.87. The molecule has 0 radical (unpaired) electrons. The van der Waals surface area contributed by atoms with Crippen molar-refractivity contribution < 1.29 is 4.74 Å². The molecule has 0 amide bonds. The van der Waals surface area contributed by atoms with Crippen molar-refractivity contribution in [3.05, 3.63) is 66.0 Å². The smallest absolute Gasteiger partial charge is 0.196 e. The van der Waals surface area contributed by atoms with Crippen molar-refractivity contribution in [2.45, 2.75) is 18.7 Å². The maximum absolute atomic E-state index is 8.82. The molecule has 1 aromatic heterocycles. The third kappa shape index (κ3) is 3.76. The summed E-state index contributed by atoms with van der Waals surface area (Å²) >= 11 is 1.36. The largest absolute Gasteiger partial charge is 0.486 e. The van der Waals surface area contributed by atoms with E-state index in [1.807, 2.05) is 66.1 Å². The van der Waals surface area contributed by atoms with Crippen LogP contribution in [0.15, 0.2) is 59.8 Å². The van der Waals surface area contributed by atoms with Gasteiger partial charge in [0, 0.05) is 5.69 Å². The summed E-state index contributed by atoms with van der Waals surface area (Å²) in [7, 11) is 0. The van der Waals surface area contributed by atoms with Gasteiger partial charge in [-0.3, -0.25) is 4.57 Å². The lowest BCUT2D eigenvalue weighted by atomic mass is 10.2. The van der Waals surface area contributed by atoms with Crippen LogP contribution in [0.2, 0.25) is 0 Å². The number of hydrogen-bond donors (Lipinski definition) is 0. The highest BCUT2D eigenvalue weighted by Gasteiger charge is 2.14. The van der Waals surface area contributed by atoms with Crippen molar-refractivity contribution >= 4 is 11.8 Å². The lowest BCUT2D eigenvalue weighted by molar-refractivity contribution is 0.292. The molecule has 24 heavy (non-hydrogen) atoms. The summed E-state index contributed by atoms with van der Waals surface area (Å²) in [4.78, 5) is 0. The van der Waals surface area contributed by atoms with Gasteiger partial charge in [0.25, 0.3) is 0 Å². The monoisotopic (exact) mass is 336 g/mol. The molecule has 5 nitrogen and oxygen atoms in total. The van der Waals surface area contributed by atoms with Crippen molar-refractivity contribution in [1.82, 2.24) is 14.8 Å². The SMILES string of the molecule is Cc1cccc(OCc2nnc(SCC#N)n2-c2ccccc2)c1. The molecule has 0 atom stereocenters. The molecule has 0 bridgehead atoms. The van der Waals surface area contributed by atoms with E-state index >= 15 is 0 Å². The van der Waals surface area contributed by atoms with Crippen LogP contribution < -0.4 is 4.74 Å². The van der Waals surface area contributed by atoms with Crippen molar-refractivity contribution in [2.75, 3.05) is 5.75 Å². The first-order chi connectivity index (χ1) is 11.8. The van der Waals surface area contributed by atoms with Gasteiger partial charge < -0.3 is 4.74 Å². The number of thioether (sulfide) groups is 1. The fourth-order valence-corrected chi connectivity index (χ4v) is 2.91. The minimum Gasteiger partial charge on any atom is -0.486 e. The van der Waals surface area contributed by atoms with Gasteiger partial charge in [-0.2, -0.15) is 5.26 Å². The van der Waals surface area contributed by atoms with Gasteiger partial charge in [0.05, 0.1) is 11.8 Å². The minimum atomic E-state index is 0.304.